The van der Waals surface area contributed by atoms with E-state index in [-0.39, 0.29) is 5.69 Å². The number of carbonyl (C=O) groups is 1. The van der Waals surface area contributed by atoms with Gasteiger partial charge in [0.15, 0.2) is 23.0 Å². The summed E-state index contributed by atoms with van der Waals surface area (Å²) in [6, 6.07) is 11.7. The molecular weight excluding hydrogens is 372 g/mol. The van der Waals surface area contributed by atoms with E-state index in [0.29, 0.717) is 39.3 Å². The van der Waals surface area contributed by atoms with Gasteiger partial charge in [-0.2, -0.15) is 0 Å². The van der Waals surface area contributed by atoms with Crippen LogP contribution in [0.5, 0.6) is 17.2 Å². The van der Waals surface area contributed by atoms with E-state index in [4.69, 9.17) is 30.3 Å². The van der Waals surface area contributed by atoms with Crippen LogP contribution < -0.4 is 19.5 Å². The third-order valence-corrected chi connectivity index (χ3v) is 4.06. The molecular formula is C19H17ClN2O5. The maximum Gasteiger partial charge on any atom is 0.277 e. The average Bonchev–Trinajstić information content (AvgIpc) is 3.18. The number of anilines is 1. The quantitative estimate of drug-likeness (QED) is 0.678. The van der Waals surface area contributed by atoms with Gasteiger partial charge >= 0.3 is 0 Å². The zero-order chi connectivity index (χ0) is 19.4. The number of benzene rings is 2. The van der Waals surface area contributed by atoms with Crippen LogP contribution in [0.2, 0.25) is 5.02 Å². The van der Waals surface area contributed by atoms with E-state index in [1.807, 2.05) is 0 Å². The van der Waals surface area contributed by atoms with Crippen molar-refractivity contribution in [1.82, 2.24) is 5.16 Å². The lowest BCUT2D eigenvalue weighted by Crippen LogP contribution is -2.12. The predicted octanol–water partition coefficient (Wildman–Crippen LogP) is 4.27. The highest BCUT2D eigenvalue weighted by atomic mass is 35.5. The minimum absolute atomic E-state index is 0.113. The molecule has 3 rings (SSSR count). The molecule has 27 heavy (non-hydrogen) atoms. The predicted molar refractivity (Wildman–Crippen MR) is 101 cm³/mol. The molecule has 0 atom stereocenters. The average molecular weight is 389 g/mol. The summed E-state index contributed by atoms with van der Waals surface area (Å²) in [4.78, 5) is 12.5. The van der Waals surface area contributed by atoms with Gasteiger partial charge in [-0.05, 0) is 36.4 Å². The van der Waals surface area contributed by atoms with Crippen LogP contribution in [0.3, 0.4) is 0 Å². The molecule has 0 aliphatic rings. The Morgan fingerprint density at radius 2 is 1.67 bits per heavy atom. The van der Waals surface area contributed by atoms with E-state index < -0.39 is 5.91 Å². The maximum atomic E-state index is 12.5. The van der Waals surface area contributed by atoms with Gasteiger partial charge in [0.2, 0.25) is 0 Å². The Morgan fingerprint density at radius 1 is 0.963 bits per heavy atom. The number of halogens is 1. The highest BCUT2D eigenvalue weighted by Gasteiger charge is 2.17. The van der Waals surface area contributed by atoms with Crippen LogP contribution in [-0.2, 0) is 0 Å². The number of aromatic nitrogens is 1. The minimum Gasteiger partial charge on any atom is -0.495 e. The van der Waals surface area contributed by atoms with Crippen molar-refractivity contribution in [2.45, 2.75) is 0 Å². The molecule has 0 bridgehead atoms. The van der Waals surface area contributed by atoms with Crippen molar-refractivity contribution in [1.29, 1.82) is 0 Å². The van der Waals surface area contributed by atoms with Crippen LogP contribution in [0.1, 0.15) is 10.5 Å². The number of nitrogens with zero attached hydrogens (tertiary/aromatic N) is 1. The zero-order valence-corrected chi connectivity index (χ0v) is 15.7. The van der Waals surface area contributed by atoms with Crippen LogP contribution in [0, 0.1) is 0 Å². The summed E-state index contributed by atoms with van der Waals surface area (Å²) in [6.07, 6.45) is 0. The molecule has 0 aliphatic carbocycles. The molecule has 0 fully saturated rings. The molecule has 0 aliphatic heterocycles. The second kappa shape index (κ2) is 8.01. The summed E-state index contributed by atoms with van der Waals surface area (Å²) >= 11 is 5.98. The summed E-state index contributed by atoms with van der Waals surface area (Å²) in [5.74, 6) is 1.58. The first-order valence-corrected chi connectivity index (χ1v) is 8.27. The summed E-state index contributed by atoms with van der Waals surface area (Å²) in [5, 5.41) is 7.01. The minimum atomic E-state index is -0.453. The fraction of sp³-hybridized carbons (Fsp3) is 0.158. The molecule has 0 saturated carbocycles. The van der Waals surface area contributed by atoms with Crippen molar-refractivity contribution in [3.05, 3.63) is 53.2 Å². The van der Waals surface area contributed by atoms with Gasteiger partial charge in [0.1, 0.15) is 5.75 Å². The number of amides is 1. The van der Waals surface area contributed by atoms with Gasteiger partial charge < -0.3 is 24.1 Å². The molecule has 1 aromatic heterocycles. The number of hydrogen-bond acceptors (Lipinski definition) is 6. The second-order valence-electron chi connectivity index (χ2n) is 5.44. The van der Waals surface area contributed by atoms with Crippen LogP contribution in [0.15, 0.2) is 47.0 Å². The Hall–Kier alpha value is -3.19. The largest absolute Gasteiger partial charge is 0.495 e. The third kappa shape index (κ3) is 3.98. The van der Waals surface area contributed by atoms with E-state index in [9.17, 15) is 4.79 Å². The molecule has 8 heteroatoms. The third-order valence-electron chi connectivity index (χ3n) is 3.82. The topological polar surface area (TPSA) is 82.8 Å². The molecule has 3 aromatic rings. The molecule has 2 aromatic carbocycles. The standard InChI is InChI=1S/C19H17ClN2O5/c1-24-15-7-5-12(20)9-13(15)21-19(23)14-10-17(27-22-14)11-4-6-16(25-2)18(8-11)26-3/h4-10H,1-3H3,(H,21,23). The number of ether oxygens (including phenoxy) is 3. The number of hydrogen-bond donors (Lipinski definition) is 1. The van der Waals surface area contributed by atoms with Gasteiger partial charge in [-0.15, -0.1) is 0 Å². The normalized spacial score (nSPS) is 10.4. The van der Waals surface area contributed by atoms with E-state index in [1.54, 1.807) is 50.6 Å². The summed E-state index contributed by atoms with van der Waals surface area (Å²) in [5.41, 5.74) is 1.24. The number of rotatable bonds is 6. The Labute approximate surface area is 160 Å². The van der Waals surface area contributed by atoms with E-state index in [2.05, 4.69) is 10.5 Å². The van der Waals surface area contributed by atoms with Crippen molar-refractivity contribution >= 4 is 23.2 Å². The Morgan fingerprint density at radius 3 is 2.37 bits per heavy atom. The van der Waals surface area contributed by atoms with Gasteiger partial charge in [-0.3, -0.25) is 4.79 Å². The smallest absolute Gasteiger partial charge is 0.277 e. The first kappa shape index (κ1) is 18.6. The summed E-state index contributed by atoms with van der Waals surface area (Å²) < 4.78 is 21.0. The molecule has 140 valence electrons. The van der Waals surface area contributed by atoms with Gasteiger partial charge in [0.05, 0.1) is 27.0 Å². The lowest BCUT2D eigenvalue weighted by atomic mass is 10.1. The van der Waals surface area contributed by atoms with Gasteiger partial charge in [-0.25, -0.2) is 0 Å². The fourth-order valence-electron chi connectivity index (χ4n) is 2.47. The van der Waals surface area contributed by atoms with Crippen molar-refractivity contribution in [2.75, 3.05) is 26.6 Å². The highest BCUT2D eigenvalue weighted by molar-refractivity contribution is 6.31. The van der Waals surface area contributed by atoms with E-state index in [0.717, 1.165) is 0 Å². The van der Waals surface area contributed by atoms with Crippen LogP contribution in [0.4, 0.5) is 5.69 Å². The Balaban J connectivity index is 1.83. The van der Waals surface area contributed by atoms with Crippen LogP contribution >= 0.6 is 11.6 Å². The van der Waals surface area contributed by atoms with Gasteiger partial charge in [-0.1, -0.05) is 16.8 Å². The lowest BCUT2D eigenvalue weighted by Gasteiger charge is -2.09. The Bertz CT molecular complexity index is 970. The van der Waals surface area contributed by atoms with Crippen molar-refractivity contribution in [2.24, 2.45) is 0 Å². The van der Waals surface area contributed by atoms with Crippen molar-refractivity contribution in [3.63, 3.8) is 0 Å². The first-order chi connectivity index (χ1) is 13.0. The molecule has 7 nitrogen and oxygen atoms in total. The Kier molecular flexibility index (Phi) is 5.52. The number of methoxy groups -OCH3 is 3. The van der Waals surface area contributed by atoms with E-state index in [1.165, 1.54) is 13.2 Å². The van der Waals surface area contributed by atoms with Crippen LogP contribution in [0.25, 0.3) is 11.3 Å². The van der Waals surface area contributed by atoms with Gasteiger partial charge in [0.25, 0.3) is 5.91 Å². The summed E-state index contributed by atoms with van der Waals surface area (Å²) in [7, 11) is 4.60. The van der Waals surface area contributed by atoms with Crippen LogP contribution in [-0.4, -0.2) is 32.4 Å². The highest BCUT2D eigenvalue weighted by Crippen LogP contribution is 2.33. The second-order valence-corrected chi connectivity index (χ2v) is 5.88. The zero-order valence-electron chi connectivity index (χ0n) is 14.9. The molecule has 0 unspecified atom stereocenters. The van der Waals surface area contributed by atoms with Crippen molar-refractivity contribution < 1.29 is 23.5 Å². The lowest BCUT2D eigenvalue weighted by molar-refractivity contribution is 0.101. The molecule has 1 amide bonds. The number of nitrogens with one attached hydrogen (secondary N) is 1. The maximum absolute atomic E-state index is 12.5. The SMILES string of the molecule is COc1ccc(Cl)cc1NC(=O)c1cc(-c2ccc(OC)c(OC)c2)on1. The van der Waals surface area contributed by atoms with Gasteiger partial charge in [0, 0.05) is 16.7 Å². The molecule has 0 spiro atoms. The number of carbonyl (C=O) groups excluding carboxylic acids is 1. The summed E-state index contributed by atoms with van der Waals surface area (Å²) in [6.45, 7) is 0. The monoisotopic (exact) mass is 388 g/mol. The molecule has 1 heterocycles. The molecule has 0 saturated heterocycles. The van der Waals surface area contributed by atoms with E-state index >= 15 is 0 Å². The first-order valence-electron chi connectivity index (χ1n) is 7.89. The van der Waals surface area contributed by atoms with Crippen molar-refractivity contribution in [3.8, 4) is 28.6 Å². The fourth-order valence-corrected chi connectivity index (χ4v) is 2.64. The molecule has 1 N–H and O–H groups in total. The molecule has 0 radical (unpaired) electrons.